The van der Waals surface area contributed by atoms with Crippen LogP contribution in [0.1, 0.15) is 47.9 Å². The van der Waals surface area contributed by atoms with Gasteiger partial charge in [0.05, 0.1) is 18.9 Å². The van der Waals surface area contributed by atoms with Gasteiger partial charge in [0.2, 0.25) is 0 Å². The maximum atomic E-state index is 9.39. The maximum Gasteiger partial charge on any atom is 0.0867 e. The van der Waals surface area contributed by atoms with E-state index in [9.17, 15) is 5.21 Å². The standard InChI is InChI=1S/C25H34N2O2/c1-21-12-14-24(15-13-21)25(26-28)11-5-4-9-22-7-2-3-8-23(22)10-6-16-27-17-19-29-20-18-27/h2-3,7-8,12-15,28H,4-6,9-11,16-20H2,1H3. The zero-order valence-electron chi connectivity index (χ0n) is 17.6. The molecule has 0 bridgehead atoms. The van der Waals surface area contributed by atoms with Crippen molar-refractivity contribution in [2.75, 3.05) is 32.8 Å². The normalized spacial score (nSPS) is 15.6. The highest BCUT2D eigenvalue weighted by Crippen LogP contribution is 2.17. The highest BCUT2D eigenvalue weighted by Gasteiger charge is 2.10. The number of rotatable bonds is 10. The van der Waals surface area contributed by atoms with E-state index in [0.717, 1.165) is 76.2 Å². The van der Waals surface area contributed by atoms with Crippen LogP contribution in [0.25, 0.3) is 0 Å². The molecule has 0 aliphatic carbocycles. The summed E-state index contributed by atoms with van der Waals surface area (Å²) in [5.74, 6) is 0. The van der Waals surface area contributed by atoms with E-state index in [2.05, 4.69) is 53.4 Å². The second-order valence-electron chi connectivity index (χ2n) is 7.95. The fourth-order valence-electron chi connectivity index (χ4n) is 3.97. The quantitative estimate of drug-likeness (QED) is 0.271. The predicted octanol–water partition coefficient (Wildman–Crippen LogP) is 4.85. The molecule has 0 unspecified atom stereocenters. The Balaban J connectivity index is 1.43. The molecule has 0 saturated carbocycles. The average Bonchev–Trinajstić information content (AvgIpc) is 2.76. The molecule has 29 heavy (non-hydrogen) atoms. The summed E-state index contributed by atoms with van der Waals surface area (Å²) in [6.07, 6.45) is 6.35. The van der Waals surface area contributed by atoms with Crippen LogP contribution in [-0.4, -0.2) is 48.7 Å². The Morgan fingerprint density at radius 2 is 1.59 bits per heavy atom. The summed E-state index contributed by atoms with van der Waals surface area (Å²) in [5.41, 5.74) is 5.96. The summed E-state index contributed by atoms with van der Waals surface area (Å²) in [6, 6.07) is 17.0. The van der Waals surface area contributed by atoms with Crippen LogP contribution in [-0.2, 0) is 17.6 Å². The lowest BCUT2D eigenvalue weighted by Gasteiger charge is -2.26. The molecule has 1 saturated heterocycles. The number of aryl methyl sites for hydroxylation is 3. The van der Waals surface area contributed by atoms with Crippen LogP contribution in [0.4, 0.5) is 0 Å². The number of oxime groups is 1. The molecule has 0 amide bonds. The molecule has 0 aromatic heterocycles. The molecule has 2 aromatic rings. The van der Waals surface area contributed by atoms with E-state index < -0.39 is 0 Å². The molecule has 0 spiro atoms. The van der Waals surface area contributed by atoms with E-state index in [4.69, 9.17) is 4.74 Å². The first-order valence-electron chi connectivity index (χ1n) is 10.9. The minimum atomic E-state index is 0.781. The van der Waals surface area contributed by atoms with Gasteiger partial charge in [-0.2, -0.15) is 0 Å². The van der Waals surface area contributed by atoms with Gasteiger partial charge in [-0.25, -0.2) is 0 Å². The Labute approximate surface area is 175 Å². The Hall–Kier alpha value is -2.17. The fourth-order valence-corrected chi connectivity index (χ4v) is 3.97. The van der Waals surface area contributed by atoms with E-state index in [1.807, 2.05) is 12.1 Å². The highest BCUT2D eigenvalue weighted by molar-refractivity contribution is 6.00. The van der Waals surface area contributed by atoms with Gasteiger partial charge in [-0.1, -0.05) is 59.3 Å². The SMILES string of the molecule is Cc1ccc(C(CCCCc2ccccc2CCCN2CCOCC2)=NO)cc1. The van der Waals surface area contributed by atoms with Crippen LogP contribution in [0, 0.1) is 6.92 Å². The molecule has 1 aliphatic rings. The van der Waals surface area contributed by atoms with Gasteiger partial charge < -0.3 is 9.94 Å². The van der Waals surface area contributed by atoms with Crippen molar-refractivity contribution in [2.45, 2.75) is 45.4 Å². The summed E-state index contributed by atoms with van der Waals surface area (Å²) in [7, 11) is 0. The molecule has 1 heterocycles. The second-order valence-corrected chi connectivity index (χ2v) is 7.95. The largest absolute Gasteiger partial charge is 0.411 e. The van der Waals surface area contributed by atoms with Crippen molar-refractivity contribution < 1.29 is 9.94 Å². The number of morpholine rings is 1. The first kappa shape index (κ1) is 21.5. The first-order chi connectivity index (χ1) is 14.3. The van der Waals surface area contributed by atoms with Crippen molar-refractivity contribution in [1.29, 1.82) is 0 Å². The van der Waals surface area contributed by atoms with Crippen LogP contribution in [0.3, 0.4) is 0 Å². The van der Waals surface area contributed by atoms with Crippen molar-refractivity contribution in [3.8, 4) is 0 Å². The third-order valence-electron chi connectivity index (χ3n) is 5.76. The molecular formula is C25H34N2O2. The topological polar surface area (TPSA) is 45.1 Å². The van der Waals surface area contributed by atoms with Crippen LogP contribution >= 0.6 is 0 Å². The lowest BCUT2D eigenvalue weighted by Crippen LogP contribution is -2.36. The lowest BCUT2D eigenvalue weighted by atomic mass is 9.96. The van der Waals surface area contributed by atoms with E-state index in [1.54, 1.807) is 0 Å². The summed E-state index contributed by atoms with van der Waals surface area (Å²) in [5, 5.41) is 12.9. The lowest BCUT2D eigenvalue weighted by molar-refractivity contribution is 0.0374. The van der Waals surface area contributed by atoms with Gasteiger partial charge in [0.1, 0.15) is 0 Å². The summed E-state index contributed by atoms with van der Waals surface area (Å²) in [6.45, 7) is 7.11. The van der Waals surface area contributed by atoms with E-state index in [-0.39, 0.29) is 0 Å². The molecule has 1 aliphatic heterocycles. The smallest absolute Gasteiger partial charge is 0.0867 e. The Bertz CT molecular complexity index is 765. The minimum Gasteiger partial charge on any atom is -0.411 e. The monoisotopic (exact) mass is 394 g/mol. The van der Waals surface area contributed by atoms with Crippen molar-refractivity contribution in [2.24, 2.45) is 5.16 Å². The number of nitrogens with zero attached hydrogens (tertiary/aromatic N) is 2. The highest BCUT2D eigenvalue weighted by atomic mass is 16.5. The molecule has 3 rings (SSSR count). The number of unbranched alkanes of at least 4 members (excludes halogenated alkanes) is 1. The molecule has 2 aromatic carbocycles. The molecular weight excluding hydrogens is 360 g/mol. The number of benzene rings is 2. The number of hydrogen-bond acceptors (Lipinski definition) is 4. The van der Waals surface area contributed by atoms with E-state index in [0.29, 0.717) is 0 Å². The molecule has 4 heteroatoms. The third-order valence-corrected chi connectivity index (χ3v) is 5.76. The van der Waals surface area contributed by atoms with Gasteiger partial charge in [-0.05, 0) is 68.7 Å². The zero-order chi connectivity index (χ0) is 20.3. The number of hydrogen-bond donors (Lipinski definition) is 1. The van der Waals surface area contributed by atoms with Gasteiger partial charge in [-0.3, -0.25) is 4.90 Å². The molecule has 156 valence electrons. The zero-order valence-corrected chi connectivity index (χ0v) is 17.6. The van der Waals surface area contributed by atoms with Crippen molar-refractivity contribution in [3.05, 3.63) is 70.8 Å². The van der Waals surface area contributed by atoms with Crippen LogP contribution in [0.15, 0.2) is 53.7 Å². The van der Waals surface area contributed by atoms with Crippen molar-refractivity contribution >= 4 is 5.71 Å². The van der Waals surface area contributed by atoms with E-state index >= 15 is 0 Å². The molecule has 4 nitrogen and oxygen atoms in total. The third kappa shape index (κ3) is 6.98. The Morgan fingerprint density at radius 1 is 0.931 bits per heavy atom. The number of ether oxygens (including phenoxy) is 1. The maximum absolute atomic E-state index is 9.39. The van der Waals surface area contributed by atoms with Gasteiger partial charge in [-0.15, -0.1) is 0 Å². The molecule has 1 fully saturated rings. The van der Waals surface area contributed by atoms with Gasteiger partial charge in [0, 0.05) is 13.1 Å². The molecule has 0 atom stereocenters. The van der Waals surface area contributed by atoms with Gasteiger partial charge in [0.25, 0.3) is 0 Å². The first-order valence-corrected chi connectivity index (χ1v) is 10.9. The fraction of sp³-hybridized carbons (Fsp3) is 0.480. The van der Waals surface area contributed by atoms with E-state index in [1.165, 1.54) is 23.1 Å². The Morgan fingerprint density at radius 3 is 2.24 bits per heavy atom. The summed E-state index contributed by atoms with van der Waals surface area (Å²) < 4.78 is 5.43. The van der Waals surface area contributed by atoms with Crippen LogP contribution in [0.2, 0.25) is 0 Å². The predicted molar refractivity (Wildman–Crippen MR) is 119 cm³/mol. The Kier molecular flexibility index (Phi) is 8.72. The second kappa shape index (κ2) is 11.7. The van der Waals surface area contributed by atoms with Gasteiger partial charge in [0.15, 0.2) is 0 Å². The molecule has 1 N–H and O–H groups in total. The average molecular weight is 395 g/mol. The van der Waals surface area contributed by atoms with Crippen molar-refractivity contribution in [1.82, 2.24) is 4.90 Å². The van der Waals surface area contributed by atoms with Gasteiger partial charge >= 0.3 is 0 Å². The van der Waals surface area contributed by atoms with Crippen LogP contribution < -0.4 is 0 Å². The van der Waals surface area contributed by atoms with Crippen molar-refractivity contribution in [3.63, 3.8) is 0 Å². The molecule has 0 radical (unpaired) electrons. The minimum absolute atomic E-state index is 0.781. The van der Waals surface area contributed by atoms with Crippen LogP contribution in [0.5, 0.6) is 0 Å². The summed E-state index contributed by atoms with van der Waals surface area (Å²) >= 11 is 0. The summed E-state index contributed by atoms with van der Waals surface area (Å²) in [4.78, 5) is 2.51.